The van der Waals surface area contributed by atoms with Crippen LogP contribution in [0.2, 0.25) is 0 Å². The first-order valence-corrected chi connectivity index (χ1v) is 6.58. The minimum Gasteiger partial charge on any atom is -0.493 e. The van der Waals surface area contributed by atoms with Gasteiger partial charge in [-0.2, -0.15) is 0 Å². The van der Waals surface area contributed by atoms with Crippen molar-refractivity contribution in [3.63, 3.8) is 0 Å². The zero-order valence-electron chi connectivity index (χ0n) is 12.3. The highest BCUT2D eigenvalue weighted by atomic mass is 16.5. The largest absolute Gasteiger partial charge is 0.493 e. The highest BCUT2D eigenvalue weighted by Gasteiger charge is 2.04. The molecular formula is C14H23N3O3. The second-order valence-electron chi connectivity index (χ2n) is 4.01. The number of nitrogens with two attached hydrogens (primary N) is 1. The van der Waals surface area contributed by atoms with Gasteiger partial charge < -0.3 is 25.3 Å². The van der Waals surface area contributed by atoms with E-state index in [0.717, 1.165) is 18.7 Å². The molecule has 6 heteroatoms. The van der Waals surface area contributed by atoms with Gasteiger partial charge in [-0.3, -0.25) is 4.99 Å². The molecule has 3 N–H and O–H groups in total. The average molecular weight is 281 g/mol. The SMILES string of the molecule is CCOCCCN=C(N)Nc1ccc(OC)c(OC)c1. The van der Waals surface area contributed by atoms with E-state index in [9.17, 15) is 0 Å². The van der Waals surface area contributed by atoms with Crippen molar-refractivity contribution in [1.29, 1.82) is 0 Å². The van der Waals surface area contributed by atoms with E-state index >= 15 is 0 Å². The fourth-order valence-electron chi connectivity index (χ4n) is 1.61. The van der Waals surface area contributed by atoms with E-state index in [2.05, 4.69) is 10.3 Å². The summed E-state index contributed by atoms with van der Waals surface area (Å²) in [4.78, 5) is 4.22. The second-order valence-corrected chi connectivity index (χ2v) is 4.01. The number of benzene rings is 1. The lowest BCUT2D eigenvalue weighted by Gasteiger charge is -2.10. The predicted molar refractivity (Wildman–Crippen MR) is 80.8 cm³/mol. The lowest BCUT2D eigenvalue weighted by Crippen LogP contribution is -2.23. The summed E-state index contributed by atoms with van der Waals surface area (Å²) in [5.41, 5.74) is 6.61. The maximum Gasteiger partial charge on any atom is 0.193 e. The molecule has 0 radical (unpaired) electrons. The van der Waals surface area contributed by atoms with E-state index in [1.165, 1.54) is 0 Å². The molecule has 0 aliphatic rings. The van der Waals surface area contributed by atoms with Crippen molar-refractivity contribution >= 4 is 11.6 Å². The normalized spacial score (nSPS) is 11.2. The maximum absolute atomic E-state index is 5.81. The summed E-state index contributed by atoms with van der Waals surface area (Å²) in [5, 5.41) is 3.01. The van der Waals surface area contributed by atoms with Crippen molar-refractivity contribution in [3.8, 4) is 11.5 Å². The third-order valence-electron chi connectivity index (χ3n) is 2.59. The van der Waals surface area contributed by atoms with Gasteiger partial charge in [-0.1, -0.05) is 0 Å². The van der Waals surface area contributed by atoms with Crippen LogP contribution in [0.4, 0.5) is 5.69 Å². The molecule has 0 amide bonds. The van der Waals surface area contributed by atoms with Gasteiger partial charge >= 0.3 is 0 Å². The number of hydrogen-bond donors (Lipinski definition) is 2. The van der Waals surface area contributed by atoms with E-state index in [0.29, 0.717) is 30.6 Å². The number of methoxy groups -OCH3 is 2. The zero-order valence-corrected chi connectivity index (χ0v) is 12.3. The average Bonchev–Trinajstić information content (AvgIpc) is 2.46. The van der Waals surface area contributed by atoms with Crippen LogP contribution in [0.5, 0.6) is 11.5 Å². The molecule has 0 saturated carbocycles. The van der Waals surface area contributed by atoms with Gasteiger partial charge in [-0.05, 0) is 25.5 Å². The molecule has 1 aromatic carbocycles. The van der Waals surface area contributed by atoms with Crippen molar-refractivity contribution < 1.29 is 14.2 Å². The molecule has 0 atom stereocenters. The third-order valence-corrected chi connectivity index (χ3v) is 2.59. The number of nitrogens with one attached hydrogen (secondary N) is 1. The zero-order chi connectivity index (χ0) is 14.8. The molecule has 6 nitrogen and oxygen atoms in total. The van der Waals surface area contributed by atoms with Crippen LogP contribution in [-0.2, 0) is 4.74 Å². The number of nitrogens with zero attached hydrogens (tertiary/aromatic N) is 1. The van der Waals surface area contributed by atoms with Gasteiger partial charge in [-0.25, -0.2) is 0 Å². The fraction of sp³-hybridized carbons (Fsp3) is 0.500. The Labute approximate surface area is 119 Å². The van der Waals surface area contributed by atoms with Gasteiger partial charge in [0.1, 0.15) is 0 Å². The Hall–Kier alpha value is -1.95. The van der Waals surface area contributed by atoms with E-state index in [4.69, 9.17) is 19.9 Å². The highest BCUT2D eigenvalue weighted by molar-refractivity contribution is 5.92. The van der Waals surface area contributed by atoms with E-state index in [1.54, 1.807) is 20.3 Å². The Bertz CT molecular complexity index is 436. The number of anilines is 1. The Morgan fingerprint density at radius 1 is 1.25 bits per heavy atom. The molecular weight excluding hydrogens is 258 g/mol. The maximum atomic E-state index is 5.81. The van der Waals surface area contributed by atoms with Crippen molar-refractivity contribution in [2.45, 2.75) is 13.3 Å². The molecule has 1 rings (SSSR count). The predicted octanol–water partition coefficient (Wildman–Crippen LogP) is 1.86. The summed E-state index contributed by atoms with van der Waals surface area (Å²) < 4.78 is 15.6. The van der Waals surface area contributed by atoms with Crippen LogP contribution in [0.15, 0.2) is 23.2 Å². The number of guanidine groups is 1. The monoisotopic (exact) mass is 281 g/mol. The smallest absolute Gasteiger partial charge is 0.193 e. The Morgan fingerprint density at radius 3 is 2.65 bits per heavy atom. The highest BCUT2D eigenvalue weighted by Crippen LogP contribution is 2.29. The Morgan fingerprint density at radius 2 is 2.00 bits per heavy atom. The van der Waals surface area contributed by atoms with Gasteiger partial charge in [0.25, 0.3) is 0 Å². The Kier molecular flexibility index (Phi) is 7.27. The molecule has 1 aromatic rings. The van der Waals surface area contributed by atoms with Crippen LogP contribution in [0.3, 0.4) is 0 Å². The molecule has 0 unspecified atom stereocenters. The molecule has 0 aromatic heterocycles. The molecule has 0 heterocycles. The summed E-state index contributed by atoms with van der Waals surface area (Å²) >= 11 is 0. The van der Waals surface area contributed by atoms with Crippen LogP contribution in [0, 0.1) is 0 Å². The van der Waals surface area contributed by atoms with Gasteiger partial charge in [0, 0.05) is 31.5 Å². The summed E-state index contributed by atoms with van der Waals surface area (Å²) in [6, 6.07) is 5.47. The van der Waals surface area contributed by atoms with Crippen LogP contribution >= 0.6 is 0 Å². The lowest BCUT2D eigenvalue weighted by atomic mass is 10.3. The molecule has 0 spiro atoms. The van der Waals surface area contributed by atoms with Crippen molar-refractivity contribution in [1.82, 2.24) is 0 Å². The fourth-order valence-corrected chi connectivity index (χ4v) is 1.61. The quantitative estimate of drug-likeness (QED) is 0.432. The summed E-state index contributed by atoms with van der Waals surface area (Å²) in [6.07, 6.45) is 0.849. The van der Waals surface area contributed by atoms with Crippen LogP contribution < -0.4 is 20.5 Å². The van der Waals surface area contributed by atoms with Crippen LogP contribution in [0.1, 0.15) is 13.3 Å². The number of aliphatic imine (C=N–C) groups is 1. The van der Waals surface area contributed by atoms with E-state index in [-0.39, 0.29) is 0 Å². The molecule has 20 heavy (non-hydrogen) atoms. The molecule has 0 bridgehead atoms. The summed E-state index contributed by atoms with van der Waals surface area (Å²) in [5.74, 6) is 1.68. The summed E-state index contributed by atoms with van der Waals surface area (Å²) in [6.45, 7) is 4.02. The lowest BCUT2D eigenvalue weighted by molar-refractivity contribution is 0.146. The number of rotatable bonds is 8. The number of hydrogen-bond acceptors (Lipinski definition) is 4. The molecule has 0 saturated heterocycles. The molecule has 0 aliphatic heterocycles. The third kappa shape index (κ3) is 5.36. The van der Waals surface area contributed by atoms with Gasteiger partial charge in [0.2, 0.25) is 0 Å². The standard InChI is InChI=1S/C14H23N3O3/c1-4-20-9-5-8-16-14(15)17-11-6-7-12(18-2)13(10-11)19-3/h6-7,10H,4-5,8-9H2,1-3H3,(H3,15,16,17). The Balaban J connectivity index is 2.52. The molecule has 0 fully saturated rings. The van der Waals surface area contributed by atoms with Crippen LogP contribution in [-0.4, -0.2) is 39.9 Å². The van der Waals surface area contributed by atoms with Gasteiger partial charge in [-0.15, -0.1) is 0 Å². The van der Waals surface area contributed by atoms with E-state index in [1.807, 2.05) is 19.1 Å². The van der Waals surface area contributed by atoms with Crippen molar-refractivity contribution in [3.05, 3.63) is 18.2 Å². The molecule has 112 valence electrons. The summed E-state index contributed by atoms with van der Waals surface area (Å²) in [7, 11) is 3.19. The van der Waals surface area contributed by atoms with Crippen LogP contribution in [0.25, 0.3) is 0 Å². The molecule has 0 aliphatic carbocycles. The topological polar surface area (TPSA) is 78.1 Å². The second kappa shape index (κ2) is 9.03. The minimum absolute atomic E-state index is 0.369. The first-order valence-electron chi connectivity index (χ1n) is 6.58. The van der Waals surface area contributed by atoms with E-state index < -0.39 is 0 Å². The van der Waals surface area contributed by atoms with Gasteiger partial charge in [0.05, 0.1) is 14.2 Å². The minimum atomic E-state index is 0.369. The number of ether oxygens (including phenoxy) is 3. The van der Waals surface area contributed by atoms with Gasteiger partial charge in [0.15, 0.2) is 17.5 Å². The first kappa shape index (κ1) is 16.1. The first-order chi connectivity index (χ1) is 9.71. The van der Waals surface area contributed by atoms with Crippen molar-refractivity contribution in [2.75, 3.05) is 39.3 Å². The van der Waals surface area contributed by atoms with Crippen molar-refractivity contribution in [2.24, 2.45) is 10.7 Å².